The Bertz CT molecular complexity index is 1830. The normalized spacial score (nSPS) is 26.2. The Balaban J connectivity index is 1.29. The van der Waals surface area contributed by atoms with Crippen molar-refractivity contribution in [2.45, 2.75) is 109 Å². The third-order valence-electron chi connectivity index (χ3n) is 11.2. The van der Waals surface area contributed by atoms with Crippen LogP contribution in [0.3, 0.4) is 0 Å². The number of allylic oxidation sites excluding steroid dienone is 1. The fraction of sp³-hybridized carbons (Fsp3) is 0.524. The molecule has 0 radical (unpaired) electrons. The first-order valence-corrected chi connectivity index (χ1v) is 20.0. The summed E-state index contributed by atoms with van der Waals surface area (Å²) in [5.74, 6) is -2.01. The van der Waals surface area contributed by atoms with Gasteiger partial charge in [0.15, 0.2) is 0 Å². The van der Waals surface area contributed by atoms with Crippen LogP contribution in [-0.4, -0.2) is 107 Å². The molecular formula is C42H55N7O7. The smallest absolute Gasteiger partial charge is 0.319 e. The van der Waals surface area contributed by atoms with Crippen molar-refractivity contribution >= 4 is 41.3 Å². The van der Waals surface area contributed by atoms with Crippen LogP contribution in [0, 0.1) is 12.8 Å². The van der Waals surface area contributed by atoms with Crippen molar-refractivity contribution in [2.75, 3.05) is 31.6 Å². The van der Waals surface area contributed by atoms with Crippen molar-refractivity contribution in [3.63, 3.8) is 0 Å². The zero-order valence-corrected chi connectivity index (χ0v) is 32.8. The lowest BCUT2D eigenvalue weighted by atomic mass is 9.99. The summed E-state index contributed by atoms with van der Waals surface area (Å²) in [6.45, 7) is 8.42. The lowest BCUT2D eigenvalue weighted by Crippen LogP contribution is -2.61. The minimum Gasteiger partial charge on any atom is -0.497 e. The highest BCUT2D eigenvalue weighted by Gasteiger charge is 2.44. The van der Waals surface area contributed by atoms with Crippen LogP contribution < -0.4 is 21.3 Å². The molecule has 0 aliphatic carbocycles. The van der Waals surface area contributed by atoms with Gasteiger partial charge in [-0.05, 0) is 88.0 Å². The standard InChI is InChI=1S/C42H55N7O7/c1-5-29-14-16-31(17-15-29)44-42(55)46-33(22-30-11-8-10-26(2)20-30)37(50)45-34-25-56-24-32-21-27(3)23-49(32)39(52)28(4)43-38(51)35-12-6-7-18-47(35)41(54)36-13-9-19-48(36)40(34)53/h8,10-11,14-17,20,24,27-28,33-36H,5-7,9,12-13,18-19,21-23,25H2,1-4H3,(H,43,51)(H,45,50)(H2,44,46,55)/b32-24-/t27-,28+,33+,34+,35+,36+/m1/s1. The number of piperidine rings is 1. The molecule has 6 rings (SSSR count). The van der Waals surface area contributed by atoms with Gasteiger partial charge >= 0.3 is 6.03 Å². The minimum absolute atomic E-state index is 0.122. The predicted octanol–water partition coefficient (Wildman–Crippen LogP) is 3.39. The van der Waals surface area contributed by atoms with E-state index in [0.29, 0.717) is 56.6 Å². The van der Waals surface area contributed by atoms with Gasteiger partial charge in [-0.3, -0.25) is 24.0 Å². The molecule has 3 fully saturated rings. The van der Waals surface area contributed by atoms with Crippen molar-refractivity contribution in [2.24, 2.45) is 5.92 Å². The number of fused-ring (bicyclic) bond motifs is 3. The molecule has 6 atom stereocenters. The molecule has 56 heavy (non-hydrogen) atoms. The molecule has 0 spiro atoms. The van der Waals surface area contributed by atoms with E-state index in [1.165, 1.54) is 11.2 Å². The second kappa shape index (κ2) is 18.0. The maximum Gasteiger partial charge on any atom is 0.319 e. The second-order valence-electron chi connectivity index (χ2n) is 15.6. The Labute approximate surface area is 328 Å². The van der Waals surface area contributed by atoms with E-state index in [9.17, 15) is 28.8 Å². The van der Waals surface area contributed by atoms with Crippen molar-refractivity contribution in [3.05, 3.63) is 77.2 Å². The summed E-state index contributed by atoms with van der Waals surface area (Å²) in [4.78, 5) is 88.4. The lowest BCUT2D eigenvalue weighted by Gasteiger charge is -2.39. The maximum absolute atomic E-state index is 14.5. The van der Waals surface area contributed by atoms with Crippen LogP contribution >= 0.6 is 0 Å². The number of nitrogens with one attached hydrogen (secondary N) is 4. The molecule has 0 aromatic heterocycles. The van der Waals surface area contributed by atoms with E-state index in [2.05, 4.69) is 21.3 Å². The molecule has 14 heteroatoms. The van der Waals surface area contributed by atoms with Crippen LogP contribution in [0.5, 0.6) is 0 Å². The number of urea groups is 1. The molecule has 2 aromatic carbocycles. The summed E-state index contributed by atoms with van der Waals surface area (Å²) in [5, 5.41) is 11.4. The summed E-state index contributed by atoms with van der Waals surface area (Å²) in [6.07, 6.45) is 5.85. The summed E-state index contributed by atoms with van der Waals surface area (Å²) in [5.41, 5.74) is 4.07. The number of carbonyl (C=O) groups is 6. The molecular weight excluding hydrogens is 715 g/mol. The van der Waals surface area contributed by atoms with E-state index in [1.807, 2.05) is 57.2 Å². The fourth-order valence-corrected chi connectivity index (χ4v) is 8.18. The van der Waals surface area contributed by atoms with Crippen LogP contribution in [0.1, 0.15) is 76.0 Å². The molecule has 300 valence electrons. The van der Waals surface area contributed by atoms with E-state index < -0.39 is 54.0 Å². The van der Waals surface area contributed by atoms with E-state index in [4.69, 9.17) is 4.74 Å². The van der Waals surface area contributed by atoms with Gasteiger partial charge < -0.3 is 40.7 Å². The molecule has 3 saturated heterocycles. The molecule has 14 nitrogen and oxygen atoms in total. The highest BCUT2D eigenvalue weighted by Crippen LogP contribution is 2.29. The zero-order valence-electron chi connectivity index (χ0n) is 32.8. The number of anilines is 1. The van der Waals surface area contributed by atoms with Crippen LogP contribution in [0.4, 0.5) is 10.5 Å². The monoisotopic (exact) mass is 769 g/mol. The molecule has 0 unspecified atom stereocenters. The first kappa shape index (κ1) is 40.3. The molecule has 4 aliphatic heterocycles. The van der Waals surface area contributed by atoms with Crippen LogP contribution in [0.15, 0.2) is 60.5 Å². The predicted molar refractivity (Wildman–Crippen MR) is 210 cm³/mol. The van der Waals surface area contributed by atoms with Gasteiger partial charge in [0, 0.05) is 31.7 Å². The Morgan fingerprint density at radius 2 is 1.62 bits per heavy atom. The Morgan fingerprint density at radius 1 is 0.893 bits per heavy atom. The molecule has 2 aromatic rings. The number of rotatable bonds is 7. The van der Waals surface area contributed by atoms with Gasteiger partial charge in [-0.1, -0.05) is 55.8 Å². The highest BCUT2D eigenvalue weighted by molar-refractivity contribution is 5.98. The van der Waals surface area contributed by atoms with Gasteiger partial charge in [-0.25, -0.2) is 4.79 Å². The number of hydrogen-bond acceptors (Lipinski definition) is 7. The second-order valence-corrected chi connectivity index (χ2v) is 15.6. The van der Waals surface area contributed by atoms with Gasteiger partial charge in [0.1, 0.15) is 43.1 Å². The van der Waals surface area contributed by atoms with E-state index >= 15 is 0 Å². The fourth-order valence-electron chi connectivity index (χ4n) is 8.18. The average molecular weight is 770 g/mol. The van der Waals surface area contributed by atoms with E-state index in [-0.39, 0.29) is 37.3 Å². The molecule has 0 bridgehead atoms. The number of hydrogen-bond donors (Lipinski definition) is 4. The Morgan fingerprint density at radius 3 is 2.38 bits per heavy atom. The molecule has 4 N–H and O–H groups in total. The molecule has 4 aliphatic rings. The van der Waals surface area contributed by atoms with Gasteiger partial charge in [-0.15, -0.1) is 0 Å². The number of amides is 7. The largest absolute Gasteiger partial charge is 0.497 e. The van der Waals surface area contributed by atoms with E-state index in [1.54, 1.807) is 28.9 Å². The van der Waals surface area contributed by atoms with E-state index in [0.717, 1.165) is 29.5 Å². The number of ether oxygens (including phenoxy) is 1. The van der Waals surface area contributed by atoms with Crippen LogP contribution in [0.2, 0.25) is 0 Å². The molecule has 4 heterocycles. The number of aryl methyl sites for hydroxylation is 2. The highest BCUT2D eigenvalue weighted by atomic mass is 16.5. The van der Waals surface area contributed by atoms with Crippen LogP contribution in [0.25, 0.3) is 0 Å². The minimum atomic E-state index is -1.24. The van der Waals surface area contributed by atoms with Crippen LogP contribution in [-0.2, 0) is 41.6 Å². The van der Waals surface area contributed by atoms with Crippen molar-refractivity contribution < 1.29 is 33.5 Å². The zero-order chi connectivity index (χ0) is 39.9. The Hall–Kier alpha value is -5.40. The van der Waals surface area contributed by atoms with Gasteiger partial charge in [0.2, 0.25) is 29.5 Å². The third kappa shape index (κ3) is 9.51. The molecule has 7 amide bonds. The quantitative estimate of drug-likeness (QED) is 0.335. The third-order valence-corrected chi connectivity index (χ3v) is 11.2. The average Bonchev–Trinajstić information content (AvgIpc) is 3.83. The number of carbonyl (C=O) groups excluding carboxylic acids is 6. The maximum atomic E-state index is 14.5. The summed E-state index contributed by atoms with van der Waals surface area (Å²) < 4.78 is 6.04. The number of nitrogens with zero attached hydrogens (tertiary/aromatic N) is 3. The lowest BCUT2D eigenvalue weighted by molar-refractivity contribution is -0.151. The molecule has 0 saturated carbocycles. The topological polar surface area (TPSA) is 169 Å². The first-order valence-electron chi connectivity index (χ1n) is 20.0. The Kier molecular flexibility index (Phi) is 13.0. The summed E-state index contributed by atoms with van der Waals surface area (Å²) in [6, 6.07) is 9.68. The van der Waals surface area contributed by atoms with Crippen molar-refractivity contribution in [1.29, 1.82) is 0 Å². The van der Waals surface area contributed by atoms with Gasteiger partial charge in [0.05, 0.1) is 5.70 Å². The summed E-state index contributed by atoms with van der Waals surface area (Å²) in [7, 11) is 0. The first-order chi connectivity index (χ1) is 26.9. The van der Waals surface area contributed by atoms with Crippen molar-refractivity contribution in [3.8, 4) is 0 Å². The van der Waals surface area contributed by atoms with Gasteiger partial charge in [-0.2, -0.15) is 0 Å². The summed E-state index contributed by atoms with van der Waals surface area (Å²) >= 11 is 0. The van der Waals surface area contributed by atoms with Crippen molar-refractivity contribution in [1.82, 2.24) is 30.7 Å². The van der Waals surface area contributed by atoms with Gasteiger partial charge in [0.25, 0.3) is 0 Å². The SMILES string of the molecule is CCc1ccc(NC(=O)N[C@@H](Cc2cccc(C)c2)C(=O)N[C@H]2CO/C=C3/C[C@@H](C)CN3C(=O)[C@H](C)NC(=O)[C@@H]3CCCCN3C(=O)[C@@H]3CCCN3C2=O)cc1. The number of benzene rings is 2.